The van der Waals surface area contributed by atoms with Crippen molar-refractivity contribution >= 4 is 0 Å². The third kappa shape index (κ3) is 2.77. The second-order valence-electron chi connectivity index (χ2n) is 8.17. The molecule has 1 aromatic carbocycles. The second-order valence-corrected chi connectivity index (χ2v) is 8.17. The van der Waals surface area contributed by atoms with Crippen LogP contribution in [0.5, 0.6) is 0 Å². The molecule has 1 nitrogen and oxygen atoms in total. The summed E-state index contributed by atoms with van der Waals surface area (Å²) in [6, 6.07) is 9.61. The van der Waals surface area contributed by atoms with E-state index in [4.69, 9.17) is 0 Å². The van der Waals surface area contributed by atoms with Crippen molar-refractivity contribution < 1.29 is 0 Å². The molecular formula is C20H29N. The van der Waals surface area contributed by atoms with E-state index in [0.717, 1.165) is 17.3 Å². The van der Waals surface area contributed by atoms with Gasteiger partial charge in [0.1, 0.15) is 0 Å². The Bertz CT molecular complexity index is 485. The maximum Gasteiger partial charge on any atom is 0.0233 e. The van der Waals surface area contributed by atoms with E-state index in [1.54, 1.807) is 5.56 Å². The molecule has 4 rings (SSSR count). The first-order chi connectivity index (χ1) is 10.2. The highest BCUT2D eigenvalue weighted by atomic mass is 15.2. The molecule has 0 bridgehead atoms. The number of rotatable bonds is 3. The Labute approximate surface area is 129 Å². The summed E-state index contributed by atoms with van der Waals surface area (Å²) in [4.78, 5) is 2.69. The van der Waals surface area contributed by atoms with Crippen LogP contribution >= 0.6 is 0 Å². The first-order valence-electron chi connectivity index (χ1n) is 9.04. The SMILES string of the molecule is CC1CCC(c2ccc(CN3CCC4(CCC4)C3)cc2)C1. The van der Waals surface area contributed by atoms with Crippen molar-refractivity contribution in [2.24, 2.45) is 11.3 Å². The highest BCUT2D eigenvalue weighted by Crippen LogP contribution is 2.48. The van der Waals surface area contributed by atoms with Gasteiger partial charge in [-0.1, -0.05) is 44.0 Å². The smallest absolute Gasteiger partial charge is 0.0233 e. The quantitative estimate of drug-likeness (QED) is 0.757. The van der Waals surface area contributed by atoms with Gasteiger partial charge in [-0.2, -0.15) is 0 Å². The normalized spacial score (nSPS) is 31.7. The van der Waals surface area contributed by atoms with Gasteiger partial charge in [0.2, 0.25) is 0 Å². The van der Waals surface area contributed by atoms with E-state index in [9.17, 15) is 0 Å². The number of likely N-dealkylation sites (tertiary alicyclic amines) is 1. The molecule has 1 aromatic rings. The Morgan fingerprint density at radius 1 is 1.10 bits per heavy atom. The topological polar surface area (TPSA) is 3.24 Å². The molecule has 3 aliphatic rings. The van der Waals surface area contributed by atoms with Gasteiger partial charge >= 0.3 is 0 Å². The van der Waals surface area contributed by atoms with Crippen LogP contribution in [-0.2, 0) is 6.54 Å². The number of nitrogens with zero attached hydrogens (tertiary/aromatic N) is 1. The van der Waals surface area contributed by atoms with E-state index in [0.29, 0.717) is 0 Å². The van der Waals surface area contributed by atoms with E-state index in [1.165, 1.54) is 70.1 Å². The molecule has 1 saturated heterocycles. The zero-order valence-corrected chi connectivity index (χ0v) is 13.5. The first kappa shape index (κ1) is 13.8. The van der Waals surface area contributed by atoms with E-state index in [1.807, 2.05) is 0 Å². The van der Waals surface area contributed by atoms with Crippen molar-refractivity contribution in [3.63, 3.8) is 0 Å². The molecule has 0 aromatic heterocycles. The molecule has 2 saturated carbocycles. The van der Waals surface area contributed by atoms with Gasteiger partial charge in [0.25, 0.3) is 0 Å². The third-order valence-corrected chi connectivity index (χ3v) is 6.48. The van der Waals surface area contributed by atoms with Gasteiger partial charge in [-0.3, -0.25) is 4.90 Å². The second kappa shape index (κ2) is 5.43. The summed E-state index contributed by atoms with van der Waals surface area (Å²) in [5, 5.41) is 0. The molecule has 114 valence electrons. The lowest BCUT2D eigenvalue weighted by molar-refractivity contribution is 0.137. The fourth-order valence-electron chi connectivity index (χ4n) is 4.91. The van der Waals surface area contributed by atoms with E-state index < -0.39 is 0 Å². The minimum atomic E-state index is 0.736. The van der Waals surface area contributed by atoms with Crippen LogP contribution in [0.2, 0.25) is 0 Å². The predicted molar refractivity (Wildman–Crippen MR) is 88.4 cm³/mol. The Balaban J connectivity index is 1.36. The van der Waals surface area contributed by atoms with Gasteiger partial charge in [-0.25, -0.2) is 0 Å². The van der Waals surface area contributed by atoms with Crippen LogP contribution in [-0.4, -0.2) is 18.0 Å². The molecule has 0 amide bonds. The van der Waals surface area contributed by atoms with Crippen LogP contribution in [0.4, 0.5) is 0 Å². The molecule has 1 heterocycles. The molecule has 1 heteroatoms. The van der Waals surface area contributed by atoms with Crippen molar-refractivity contribution in [3.8, 4) is 0 Å². The van der Waals surface area contributed by atoms with Crippen molar-refractivity contribution in [1.29, 1.82) is 0 Å². The third-order valence-electron chi connectivity index (χ3n) is 6.48. The highest BCUT2D eigenvalue weighted by molar-refractivity contribution is 5.26. The molecule has 1 spiro atoms. The Morgan fingerprint density at radius 2 is 1.90 bits per heavy atom. The molecular weight excluding hydrogens is 254 g/mol. The standard InChI is InChI=1S/C20H29N/c1-16-3-6-19(13-16)18-7-4-17(5-8-18)14-21-12-11-20(15-21)9-2-10-20/h4-5,7-8,16,19H,2-3,6,9-15H2,1H3. The fourth-order valence-corrected chi connectivity index (χ4v) is 4.91. The average Bonchev–Trinajstić information content (AvgIpc) is 3.06. The summed E-state index contributed by atoms with van der Waals surface area (Å²) in [5.41, 5.74) is 3.83. The Morgan fingerprint density at radius 3 is 2.48 bits per heavy atom. The number of hydrogen-bond donors (Lipinski definition) is 0. The lowest BCUT2D eigenvalue weighted by atomic mass is 9.68. The maximum absolute atomic E-state index is 2.69. The largest absolute Gasteiger partial charge is 0.299 e. The van der Waals surface area contributed by atoms with Crippen molar-refractivity contribution in [2.45, 2.75) is 64.3 Å². The minimum Gasteiger partial charge on any atom is -0.299 e. The molecule has 2 atom stereocenters. The lowest BCUT2D eigenvalue weighted by Crippen LogP contribution is -2.32. The summed E-state index contributed by atoms with van der Waals surface area (Å²) in [6.07, 6.45) is 10.1. The predicted octanol–water partition coefficient (Wildman–Crippen LogP) is 4.97. The maximum atomic E-state index is 2.69. The highest BCUT2D eigenvalue weighted by Gasteiger charge is 2.42. The van der Waals surface area contributed by atoms with Gasteiger partial charge in [0.15, 0.2) is 0 Å². The van der Waals surface area contributed by atoms with E-state index in [2.05, 4.69) is 36.1 Å². The summed E-state index contributed by atoms with van der Waals surface area (Å²) in [7, 11) is 0. The first-order valence-corrected chi connectivity index (χ1v) is 9.04. The summed E-state index contributed by atoms with van der Waals surface area (Å²) in [6.45, 7) is 6.25. The van der Waals surface area contributed by atoms with Crippen molar-refractivity contribution in [1.82, 2.24) is 4.90 Å². The van der Waals surface area contributed by atoms with Crippen LogP contribution < -0.4 is 0 Å². The van der Waals surface area contributed by atoms with Gasteiger partial charge in [0.05, 0.1) is 0 Å². The van der Waals surface area contributed by atoms with Crippen LogP contribution in [0.1, 0.15) is 68.9 Å². The lowest BCUT2D eigenvalue weighted by Gasteiger charge is -2.38. The van der Waals surface area contributed by atoms with Crippen molar-refractivity contribution in [2.75, 3.05) is 13.1 Å². The molecule has 0 N–H and O–H groups in total. The molecule has 21 heavy (non-hydrogen) atoms. The van der Waals surface area contributed by atoms with Crippen LogP contribution in [0.15, 0.2) is 24.3 Å². The van der Waals surface area contributed by atoms with Crippen LogP contribution in [0.25, 0.3) is 0 Å². The summed E-state index contributed by atoms with van der Waals surface area (Å²) in [5.74, 6) is 1.76. The van der Waals surface area contributed by atoms with Crippen LogP contribution in [0.3, 0.4) is 0 Å². The molecule has 0 radical (unpaired) electrons. The fraction of sp³-hybridized carbons (Fsp3) is 0.700. The molecule has 2 unspecified atom stereocenters. The van der Waals surface area contributed by atoms with Crippen LogP contribution in [0, 0.1) is 11.3 Å². The van der Waals surface area contributed by atoms with Gasteiger partial charge in [0, 0.05) is 13.1 Å². The molecule has 3 fully saturated rings. The zero-order chi connectivity index (χ0) is 14.3. The minimum absolute atomic E-state index is 0.736. The number of hydrogen-bond acceptors (Lipinski definition) is 1. The van der Waals surface area contributed by atoms with E-state index >= 15 is 0 Å². The van der Waals surface area contributed by atoms with Gasteiger partial charge < -0.3 is 0 Å². The zero-order valence-electron chi connectivity index (χ0n) is 13.5. The molecule has 2 aliphatic carbocycles. The Kier molecular flexibility index (Phi) is 3.57. The Hall–Kier alpha value is -0.820. The summed E-state index contributed by atoms with van der Waals surface area (Å²) >= 11 is 0. The average molecular weight is 283 g/mol. The van der Waals surface area contributed by atoms with Crippen molar-refractivity contribution in [3.05, 3.63) is 35.4 Å². The van der Waals surface area contributed by atoms with Gasteiger partial charge in [-0.05, 0) is 67.0 Å². The van der Waals surface area contributed by atoms with E-state index in [-0.39, 0.29) is 0 Å². The molecule has 1 aliphatic heterocycles. The monoisotopic (exact) mass is 283 g/mol. The number of benzene rings is 1. The summed E-state index contributed by atoms with van der Waals surface area (Å²) < 4.78 is 0. The van der Waals surface area contributed by atoms with Gasteiger partial charge in [-0.15, -0.1) is 0 Å².